The third-order valence-corrected chi connectivity index (χ3v) is 4.62. The van der Waals surface area contributed by atoms with Gasteiger partial charge in [0.2, 0.25) is 5.91 Å². The lowest BCUT2D eigenvalue weighted by atomic mass is 10.1. The average molecular weight is 394 g/mol. The van der Waals surface area contributed by atoms with Crippen LogP contribution < -0.4 is 16.6 Å². The van der Waals surface area contributed by atoms with Crippen LogP contribution in [-0.4, -0.2) is 29.6 Å². The number of fused-ring (bicyclic) bond motifs is 1. The smallest absolute Gasteiger partial charge is 0.332 e. The van der Waals surface area contributed by atoms with Gasteiger partial charge in [0.15, 0.2) is 11.2 Å². The molecule has 0 bridgehead atoms. The van der Waals surface area contributed by atoms with E-state index in [9.17, 15) is 14.4 Å². The van der Waals surface area contributed by atoms with Crippen molar-refractivity contribution in [1.29, 1.82) is 0 Å². The van der Waals surface area contributed by atoms with Crippen LogP contribution >= 0.6 is 0 Å². The Morgan fingerprint density at radius 2 is 2.03 bits per heavy atom. The fraction of sp³-hybridized carbons (Fsp3) is 0.211. The summed E-state index contributed by atoms with van der Waals surface area (Å²) in [7, 11) is 2.92. The number of pyridine rings is 1. The van der Waals surface area contributed by atoms with E-state index in [1.54, 1.807) is 24.7 Å². The van der Waals surface area contributed by atoms with Crippen molar-refractivity contribution in [1.82, 2.24) is 29.0 Å². The molecule has 0 aromatic carbocycles. The van der Waals surface area contributed by atoms with E-state index in [4.69, 9.17) is 4.42 Å². The quantitative estimate of drug-likeness (QED) is 0.524. The summed E-state index contributed by atoms with van der Waals surface area (Å²) in [6.07, 6.45) is 6.30. The SMILES string of the molecule is Cn1c(=O)c2c(ncn2CC(=O)NCc2cncc(-c3ccco3)c2)n(C)c1=O. The van der Waals surface area contributed by atoms with Crippen molar-refractivity contribution < 1.29 is 9.21 Å². The van der Waals surface area contributed by atoms with E-state index >= 15 is 0 Å². The molecule has 0 radical (unpaired) electrons. The Kier molecular flexibility index (Phi) is 4.59. The summed E-state index contributed by atoms with van der Waals surface area (Å²) in [5.41, 5.74) is 1.09. The summed E-state index contributed by atoms with van der Waals surface area (Å²) >= 11 is 0. The van der Waals surface area contributed by atoms with E-state index in [0.29, 0.717) is 5.76 Å². The molecule has 0 spiro atoms. The van der Waals surface area contributed by atoms with E-state index in [1.807, 2.05) is 12.1 Å². The van der Waals surface area contributed by atoms with Crippen molar-refractivity contribution >= 4 is 17.1 Å². The van der Waals surface area contributed by atoms with Gasteiger partial charge in [0.25, 0.3) is 5.56 Å². The van der Waals surface area contributed by atoms with Crippen molar-refractivity contribution in [2.24, 2.45) is 14.1 Å². The van der Waals surface area contributed by atoms with Gasteiger partial charge in [-0.1, -0.05) is 0 Å². The molecule has 4 rings (SSSR count). The molecule has 1 N–H and O–H groups in total. The molecule has 0 atom stereocenters. The number of rotatable bonds is 5. The van der Waals surface area contributed by atoms with Crippen molar-refractivity contribution in [2.75, 3.05) is 0 Å². The zero-order valence-electron chi connectivity index (χ0n) is 15.8. The lowest BCUT2D eigenvalue weighted by Crippen LogP contribution is -2.38. The van der Waals surface area contributed by atoms with Gasteiger partial charge >= 0.3 is 5.69 Å². The number of hydrogen-bond donors (Lipinski definition) is 1. The first-order valence-corrected chi connectivity index (χ1v) is 8.81. The summed E-state index contributed by atoms with van der Waals surface area (Å²) < 4.78 is 9.06. The summed E-state index contributed by atoms with van der Waals surface area (Å²) in [6.45, 7) is 0.165. The van der Waals surface area contributed by atoms with Crippen LogP contribution in [0.5, 0.6) is 0 Å². The molecule has 0 saturated carbocycles. The van der Waals surface area contributed by atoms with Crippen LogP contribution in [0.25, 0.3) is 22.5 Å². The van der Waals surface area contributed by atoms with Crippen LogP contribution in [0.1, 0.15) is 5.56 Å². The van der Waals surface area contributed by atoms with Crippen molar-refractivity contribution in [3.05, 3.63) is 69.6 Å². The molecule has 4 heterocycles. The molecule has 0 saturated heterocycles. The molecule has 148 valence electrons. The highest BCUT2D eigenvalue weighted by Crippen LogP contribution is 2.19. The summed E-state index contributed by atoms with van der Waals surface area (Å²) in [5, 5.41) is 2.80. The number of carbonyl (C=O) groups excluding carboxylic acids is 1. The topological polar surface area (TPSA) is 117 Å². The fourth-order valence-electron chi connectivity index (χ4n) is 3.09. The largest absolute Gasteiger partial charge is 0.464 e. The zero-order valence-corrected chi connectivity index (χ0v) is 15.8. The first-order chi connectivity index (χ1) is 14.0. The highest BCUT2D eigenvalue weighted by atomic mass is 16.3. The van der Waals surface area contributed by atoms with Gasteiger partial charge in [-0.2, -0.15) is 0 Å². The van der Waals surface area contributed by atoms with Gasteiger partial charge in [0.05, 0.1) is 12.6 Å². The molecule has 10 nitrogen and oxygen atoms in total. The van der Waals surface area contributed by atoms with Gasteiger partial charge in [-0.25, -0.2) is 9.78 Å². The number of furan rings is 1. The van der Waals surface area contributed by atoms with Gasteiger partial charge in [-0.3, -0.25) is 23.7 Å². The molecule has 0 fully saturated rings. The maximum absolute atomic E-state index is 12.4. The summed E-state index contributed by atoms with van der Waals surface area (Å²) in [6, 6.07) is 5.50. The predicted octanol–water partition coefficient (Wildman–Crippen LogP) is 0.405. The summed E-state index contributed by atoms with van der Waals surface area (Å²) in [5.74, 6) is 0.389. The molecule has 0 aliphatic heterocycles. The van der Waals surface area contributed by atoms with Crippen molar-refractivity contribution in [2.45, 2.75) is 13.1 Å². The zero-order chi connectivity index (χ0) is 20.5. The van der Waals surface area contributed by atoms with Crippen LogP contribution in [0.2, 0.25) is 0 Å². The van der Waals surface area contributed by atoms with E-state index in [1.165, 1.54) is 29.6 Å². The highest BCUT2D eigenvalue weighted by molar-refractivity contribution is 5.78. The number of nitrogens with zero attached hydrogens (tertiary/aromatic N) is 5. The average Bonchev–Trinajstić information content (AvgIpc) is 3.40. The number of hydrogen-bond acceptors (Lipinski definition) is 6. The molecule has 1 amide bonds. The second kappa shape index (κ2) is 7.23. The maximum Gasteiger partial charge on any atom is 0.332 e. The Bertz CT molecular complexity index is 1310. The Morgan fingerprint density at radius 3 is 2.79 bits per heavy atom. The van der Waals surface area contributed by atoms with Crippen molar-refractivity contribution in [3.63, 3.8) is 0 Å². The monoisotopic (exact) mass is 394 g/mol. The normalized spacial score (nSPS) is 11.1. The van der Waals surface area contributed by atoms with Crippen LogP contribution in [-0.2, 0) is 32.0 Å². The molecule has 10 heteroatoms. The third-order valence-electron chi connectivity index (χ3n) is 4.62. The number of amides is 1. The minimum absolute atomic E-state index is 0.102. The van der Waals surface area contributed by atoms with Gasteiger partial charge in [0.1, 0.15) is 12.3 Å². The first kappa shape index (κ1) is 18.4. The third kappa shape index (κ3) is 3.35. The molecule has 0 aliphatic rings. The second-order valence-corrected chi connectivity index (χ2v) is 6.59. The Labute approximate surface area is 164 Å². The predicted molar refractivity (Wildman–Crippen MR) is 104 cm³/mol. The fourth-order valence-corrected chi connectivity index (χ4v) is 3.09. The molecule has 4 aromatic heterocycles. The lowest BCUT2D eigenvalue weighted by molar-refractivity contribution is -0.121. The van der Waals surface area contributed by atoms with E-state index in [-0.39, 0.29) is 30.2 Å². The first-order valence-electron chi connectivity index (χ1n) is 8.81. The molecular formula is C19H18N6O4. The maximum atomic E-state index is 12.4. The standard InChI is InChI=1S/C19H18N6O4/c1-23-17-16(18(27)24(2)19(23)28)25(11-22-17)10-15(26)21-8-12-6-13(9-20-7-12)14-4-3-5-29-14/h3-7,9,11H,8,10H2,1-2H3,(H,21,26). The van der Waals surface area contributed by atoms with E-state index in [0.717, 1.165) is 15.7 Å². The minimum Gasteiger partial charge on any atom is -0.464 e. The van der Waals surface area contributed by atoms with Crippen LogP contribution in [0.4, 0.5) is 0 Å². The Hall–Kier alpha value is -3.95. The Balaban J connectivity index is 1.51. The van der Waals surface area contributed by atoms with Crippen LogP contribution in [0.15, 0.2) is 57.2 Å². The van der Waals surface area contributed by atoms with Gasteiger partial charge in [-0.15, -0.1) is 0 Å². The van der Waals surface area contributed by atoms with Gasteiger partial charge in [0, 0.05) is 38.6 Å². The minimum atomic E-state index is -0.497. The molecule has 0 aliphatic carbocycles. The number of nitrogens with one attached hydrogen (secondary N) is 1. The lowest BCUT2D eigenvalue weighted by Gasteiger charge is -2.08. The summed E-state index contributed by atoms with van der Waals surface area (Å²) in [4.78, 5) is 45.1. The van der Waals surface area contributed by atoms with Gasteiger partial charge in [-0.05, 0) is 23.8 Å². The van der Waals surface area contributed by atoms with Crippen LogP contribution in [0.3, 0.4) is 0 Å². The molecule has 4 aromatic rings. The molecular weight excluding hydrogens is 376 g/mol. The number of aromatic nitrogens is 5. The molecule has 0 unspecified atom stereocenters. The number of imidazole rings is 1. The van der Waals surface area contributed by atoms with Crippen LogP contribution in [0, 0.1) is 0 Å². The highest BCUT2D eigenvalue weighted by Gasteiger charge is 2.16. The van der Waals surface area contributed by atoms with Crippen molar-refractivity contribution in [3.8, 4) is 11.3 Å². The number of carbonyl (C=O) groups is 1. The van der Waals surface area contributed by atoms with E-state index < -0.39 is 11.2 Å². The molecule has 29 heavy (non-hydrogen) atoms. The second-order valence-electron chi connectivity index (χ2n) is 6.59. The number of aryl methyl sites for hydroxylation is 1. The van der Waals surface area contributed by atoms with E-state index in [2.05, 4.69) is 15.3 Å². The Morgan fingerprint density at radius 1 is 1.21 bits per heavy atom. The van der Waals surface area contributed by atoms with Gasteiger partial charge < -0.3 is 14.3 Å².